The Morgan fingerprint density at radius 3 is 2.62 bits per heavy atom. The molecule has 1 fully saturated rings. The van der Waals surface area contributed by atoms with Crippen LogP contribution in [0.4, 0.5) is 0 Å². The van der Waals surface area contributed by atoms with Crippen LogP contribution in [0.15, 0.2) is 24.3 Å². The third-order valence-corrected chi connectivity index (χ3v) is 4.01. The predicted molar refractivity (Wildman–Crippen MR) is 77.4 cm³/mol. The zero-order chi connectivity index (χ0) is 15.4. The highest BCUT2D eigenvalue weighted by Crippen LogP contribution is 2.33. The standard InChI is InChI=1S/C16H21NO4/c1-21-16(20)13(17)9-10-5-7-11(8-6-10)15(19)12-3-2-4-14(12)18/h5-8,12-13,15,19H,2-4,9,17H2,1H3. The summed E-state index contributed by atoms with van der Waals surface area (Å²) in [5.41, 5.74) is 7.32. The van der Waals surface area contributed by atoms with Gasteiger partial charge in [-0.2, -0.15) is 0 Å². The van der Waals surface area contributed by atoms with Gasteiger partial charge in [-0.3, -0.25) is 9.59 Å². The molecule has 1 aliphatic carbocycles. The number of aliphatic hydroxyl groups excluding tert-OH is 1. The maximum Gasteiger partial charge on any atom is 0.322 e. The van der Waals surface area contributed by atoms with E-state index in [0.29, 0.717) is 12.8 Å². The lowest BCUT2D eigenvalue weighted by Crippen LogP contribution is -2.33. The Morgan fingerprint density at radius 1 is 1.43 bits per heavy atom. The Bertz CT molecular complexity index is 512. The lowest BCUT2D eigenvalue weighted by Gasteiger charge is -2.17. The molecule has 0 bridgehead atoms. The van der Waals surface area contributed by atoms with Crippen LogP contribution < -0.4 is 5.73 Å². The zero-order valence-electron chi connectivity index (χ0n) is 12.1. The molecule has 5 nitrogen and oxygen atoms in total. The smallest absolute Gasteiger partial charge is 0.322 e. The van der Waals surface area contributed by atoms with Crippen LogP contribution in [-0.4, -0.2) is 30.0 Å². The number of ether oxygens (including phenoxy) is 1. The molecule has 1 aromatic carbocycles. The third kappa shape index (κ3) is 3.68. The van der Waals surface area contributed by atoms with Crippen LogP contribution >= 0.6 is 0 Å². The van der Waals surface area contributed by atoms with Crippen LogP contribution in [0.25, 0.3) is 0 Å². The van der Waals surface area contributed by atoms with Gasteiger partial charge in [0.05, 0.1) is 13.2 Å². The highest BCUT2D eigenvalue weighted by Gasteiger charge is 2.31. The number of hydrogen-bond acceptors (Lipinski definition) is 5. The number of carbonyl (C=O) groups is 2. The van der Waals surface area contributed by atoms with E-state index in [1.165, 1.54) is 7.11 Å². The summed E-state index contributed by atoms with van der Waals surface area (Å²) in [5.74, 6) is -0.594. The molecule has 3 unspecified atom stereocenters. The third-order valence-electron chi connectivity index (χ3n) is 4.01. The van der Waals surface area contributed by atoms with Crippen molar-refractivity contribution in [2.45, 2.75) is 37.8 Å². The van der Waals surface area contributed by atoms with Crippen molar-refractivity contribution >= 4 is 11.8 Å². The molecule has 0 aromatic heterocycles. The van der Waals surface area contributed by atoms with E-state index in [-0.39, 0.29) is 11.7 Å². The number of benzene rings is 1. The number of rotatable bonds is 5. The molecule has 0 aliphatic heterocycles. The number of esters is 1. The molecule has 0 radical (unpaired) electrons. The summed E-state index contributed by atoms with van der Waals surface area (Å²) in [6.07, 6.45) is 1.80. The molecule has 0 amide bonds. The number of hydrogen-bond donors (Lipinski definition) is 2. The molecule has 1 saturated carbocycles. The molecule has 1 aliphatic rings. The molecular weight excluding hydrogens is 270 g/mol. The van der Waals surface area contributed by atoms with E-state index in [2.05, 4.69) is 4.74 Å². The number of methoxy groups -OCH3 is 1. The van der Waals surface area contributed by atoms with Gasteiger partial charge >= 0.3 is 5.97 Å². The second kappa shape index (κ2) is 6.83. The van der Waals surface area contributed by atoms with E-state index >= 15 is 0 Å². The highest BCUT2D eigenvalue weighted by molar-refractivity contribution is 5.83. The van der Waals surface area contributed by atoms with Gasteiger partial charge in [-0.1, -0.05) is 24.3 Å². The van der Waals surface area contributed by atoms with E-state index < -0.39 is 18.1 Å². The molecular formula is C16H21NO4. The minimum atomic E-state index is -0.747. The monoisotopic (exact) mass is 291 g/mol. The van der Waals surface area contributed by atoms with Crippen molar-refractivity contribution in [3.63, 3.8) is 0 Å². The van der Waals surface area contributed by atoms with Crippen molar-refractivity contribution in [1.29, 1.82) is 0 Å². The van der Waals surface area contributed by atoms with Gasteiger partial charge < -0.3 is 15.6 Å². The lowest BCUT2D eigenvalue weighted by molar-refractivity contribution is -0.142. The average molecular weight is 291 g/mol. The van der Waals surface area contributed by atoms with Gasteiger partial charge in [-0.25, -0.2) is 0 Å². The normalized spacial score (nSPS) is 21.1. The fourth-order valence-electron chi connectivity index (χ4n) is 2.75. The molecule has 3 N–H and O–H groups in total. The summed E-state index contributed by atoms with van der Waals surface area (Å²) in [6, 6.07) is 6.52. The van der Waals surface area contributed by atoms with Crippen molar-refractivity contribution in [1.82, 2.24) is 0 Å². The van der Waals surface area contributed by atoms with Gasteiger partial charge in [0.1, 0.15) is 11.8 Å². The number of ketones is 1. The van der Waals surface area contributed by atoms with Crippen LogP contribution in [-0.2, 0) is 20.7 Å². The summed E-state index contributed by atoms with van der Waals surface area (Å²) in [4.78, 5) is 23.0. The molecule has 21 heavy (non-hydrogen) atoms. The van der Waals surface area contributed by atoms with Gasteiger partial charge in [0.2, 0.25) is 0 Å². The van der Waals surface area contributed by atoms with Gasteiger partial charge in [0.15, 0.2) is 0 Å². The topological polar surface area (TPSA) is 89.6 Å². The number of Topliss-reactive ketones (excluding diaryl/α,β-unsaturated/α-hetero) is 1. The largest absolute Gasteiger partial charge is 0.468 e. The summed E-state index contributed by atoms with van der Waals surface area (Å²) >= 11 is 0. The van der Waals surface area contributed by atoms with E-state index in [0.717, 1.165) is 24.0 Å². The van der Waals surface area contributed by atoms with Crippen molar-refractivity contribution in [3.8, 4) is 0 Å². The summed E-state index contributed by atoms with van der Waals surface area (Å²) in [6.45, 7) is 0. The van der Waals surface area contributed by atoms with Gasteiger partial charge in [0, 0.05) is 12.3 Å². The van der Waals surface area contributed by atoms with E-state index in [4.69, 9.17) is 5.73 Å². The Hall–Kier alpha value is -1.72. The average Bonchev–Trinajstić information content (AvgIpc) is 2.92. The summed E-state index contributed by atoms with van der Waals surface area (Å²) < 4.78 is 4.58. The molecule has 2 rings (SSSR count). The Balaban J connectivity index is 2.01. The molecule has 114 valence electrons. The fourth-order valence-corrected chi connectivity index (χ4v) is 2.75. The van der Waals surface area contributed by atoms with E-state index in [1.54, 1.807) is 12.1 Å². The number of aliphatic hydroxyl groups is 1. The maximum absolute atomic E-state index is 11.7. The van der Waals surface area contributed by atoms with E-state index in [1.807, 2.05) is 12.1 Å². The SMILES string of the molecule is COC(=O)C(N)Cc1ccc(C(O)C2CCCC2=O)cc1. The lowest BCUT2D eigenvalue weighted by atomic mass is 9.92. The molecule has 0 saturated heterocycles. The van der Waals surface area contributed by atoms with Gasteiger partial charge in [-0.15, -0.1) is 0 Å². The second-order valence-corrected chi connectivity index (χ2v) is 5.49. The summed E-state index contributed by atoms with van der Waals surface area (Å²) in [7, 11) is 1.31. The molecule has 0 heterocycles. The molecule has 5 heteroatoms. The van der Waals surface area contributed by atoms with Crippen molar-refractivity contribution in [2.24, 2.45) is 11.7 Å². The molecule has 1 aromatic rings. The van der Waals surface area contributed by atoms with Crippen molar-refractivity contribution in [3.05, 3.63) is 35.4 Å². The number of nitrogens with two attached hydrogens (primary N) is 1. The maximum atomic E-state index is 11.7. The first-order valence-corrected chi connectivity index (χ1v) is 7.16. The number of carbonyl (C=O) groups excluding carboxylic acids is 2. The van der Waals surface area contributed by atoms with E-state index in [9.17, 15) is 14.7 Å². The quantitative estimate of drug-likeness (QED) is 0.794. The molecule has 0 spiro atoms. The predicted octanol–water partition coefficient (Wildman–Crippen LogP) is 1.13. The van der Waals surface area contributed by atoms with Crippen LogP contribution in [0, 0.1) is 5.92 Å². The zero-order valence-corrected chi connectivity index (χ0v) is 12.1. The van der Waals surface area contributed by atoms with Crippen molar-refractivity contribution < 1.29 is 19.4 Å². The molecule has 3 atom stereocenters. The van der Waals surface area contributed by atoms with Crippen LogP contribution in [0.3, 0.4) is 0 Å². The minimum absolute atomic E-state index is 0.138. The Labute approximate surface area is 124 Å². The second-order valence-electron chi connectivity index (χ2n) is 5.49. The Morgan fingerprint density at radius 2 is 2.10 bits per heavy atom. The van der Waals surface area contributed by atoms with Crippen molar-refractivity contribution in [2.75, 3.05) is 7.11 Å². The first-order valence-electron chi connectivity index (χ1n) is 7.16. The van der Waals surface area contributed by atoms with Gasteiger partial charge in [0.25, 0.3) is 0 Å². The first kappa shape index (κ1) is 15.7. The highest BCUT2D eigenvalue weighted by atomic mass is 16.5. The fraction of sp³-hybridized carbons (Fsp3) is 0.500. The van der Waals surface area contributed by atoms with Crippen LogP contribution in [0.2, 0.25) is 0 Å². The van der Waals surface area contributed by atoms with Crippen LogP contribution in [0.1, 0.15) is 36.5 Å². The van der Waals surface area contributed by atoms with Crippen LogP contribution in [0.5, 0.6) is 0 Å². The summed E-state index contributed by atoms with van der Waals surface area (Å²) in [5, 5.41) is 10.3. The Kier molecular flexibility index (Phi) is 5.09. The first-order chi connectivity index (χ1) is 10.0. The van der Waals surface area contributed by atoms with Gasteiger partial charge in [-0.05, 0) is 30.4 Å². The minimum Gasteiger partial charge on any atom is -0.468 e.